The second-order valence-corrected chi connectivity index (χ2v) is 58.3. The van der Waals surface area contributed by atoms with Crippen LogP contribution in [0.5, 0.6) is 0 Å². The fourth-order valence-electron chi connectivity index (χ4n) is 0.594. The molecule has 118 valence electrons. The molecule has 0 nitrogen and oxygen atoms in total. The third-order valence-electron chi connectivity index (χ3n) is 1.19. The van der Waals surface area contributed by atoms with Gasteiger partial charge in [-0.25, -0.2) is 0 Å². The summed E-state index contributed by atoms with van der Waals surface area (Å²) in [5.74, 6) is 0. The summed E-state index contributed by atoms with van der Waals surface area (Å²) in [4.78, 5) is 0. The molecule has 15 unspecified atom stereocenters. The molecule has 15 atom stereocenters. The largest absolute Gasteiger partial charge is 0.109 e. The molecule has 0 heterocycles. The van der Waals surface area contributed by atoms with Crippen LogP contribution in [0.15, 0.2) is 0 Å². The summed E-state index contributed by atoms with van der Waals surface area (Å²) < 4.78 is 0. The minimum atomic E-state index is 0. The Morgan fingerprint density at radius 1 is 0.550 bits per heavy atom. The van der Waals surface area contributed by atoms with Crippen LogP contribution < -0.4 is 0 Å². The normalized spacial score (nSPS) is 19.4. The van der Waals surface area contributed by atoms with E-state index in [-0.39, 0.29) is 102 Å². The quantitative estimate of drug-likeness (QED) is 0.220. The van der Waals surface area contributed by atoms with Crippen molar-refractivity contribution in [3.63, 3.8) is 0 Å². The molecule has 0 aliphatic rings. The first kappa shape index (κ1) is 39.7. The van der Waals surface area contributed by atoms with Crippen molar-refractivity contribution in [2.45, 2.75) is 0 Å². The average Bonchev–Trinajstić information content (AvgIpc) is 2.28. The Morgan fingerprint density at radius 3 is 1.15 bits per heavy atom. The van der Waals surface area contributed by atoms with Crippen LogP contribution in [0.1, 0.15) is 0 Å². The molecule has 0 amide bonds. The van der Waals surface area contributed by atoms with Crippen LogP contribution in [0.3, 0.4) is 0 Å². The standard InChI is InChI=1S/H18P16.4V/c1-8-12(4)11-15(7)16(13(5)9-2)14(6)10-3;;;;/h8-11H,1-7H2;;;;. The number of hydrogen-bond donors (Lipinski definition) is 0. The summed E-state index contributed by atoms with van der Waals surface area (Å²) in [6, 6.07) is 0. The fraction of sp³-hybridized carbons (Fsp3) is 0. The van der Waals surface area contributed by atoms with Crippen LogP contribution >= 0.6 is 129 Å². The third-order valence-corrected chi connectivity index (χ3v) is 96.6. The second kappa shape index (κ2) is 26.3. The Morgan fingerprint density at radius 2 is 0.900 bits per heavy atom. The SMILES string of the molecule is PPP(P)PP(P)P(P(P)PP)P(P)PP.[V].[V].[V].[V]. The monoisotopic (exact) mass is 717 g/mol. The van der Waals surface area contributed by atoms with E-state index in [0.717, 1.165) is 23.9 Å². The van der Waals surface area contributed by atoms with Crippen molar-refractivity contribution in [2.75, 3.05) is 0 Å². The van der Waals surface area contributed by atoms with Crippen molar-refractivity contribution >= 4 is 129 Å². The molecule has 0 bridgehead atoms. The Labute approximate surface area is 200 Å². The summed E-state index contributed by atoms with van der Waals surface area (Å²) in [7, 11) is 26.0. The van der Waals surface area contributed by atoms with Gasteiger partial charge in [-0.3, -0.25) is 0 Å². The Bertz CT molecular complexity index is 166. The van der Waals surface area contributed by atoms with Gasteiger partial charge in [0.2, 0.25) is 0 Å². The van der Waals surface area contributed by atoms with Gasteiger partial charge in [-0.15, -0.1) is 62.5 Å². The van der Waals surface area contributed by atoms with Gasteiger partial charge in [0.25, 0.3) is 0 Å². The van der Waals surface area contributed by atoms with Crippen molar-refractivity contribution in [1.29, 1.82) is 0 Å². The summed E-state index contributed by atoms with van der Waals surface area (Å²) in [5, 5.41) is 0. The van der Waals surface area contributed by atoms with Gasteiger partial charge < -0.3 is 0 Å². The van der Waals surface area contributed by atoms with Crippen LogP contribution in [0, 0.1) is 0 Å². The Hall–Kier alpha value is 9.22. The molecule has 0 N–H and O–H groups in total. The van der Waals surface area contributed by atoms with Crippen molar-refractivity contribution in [1.82, 2.24) is 0 Å². The Kier molecular flexibility index (Phi) is 52.1. The second-order valence-electron chi connectivity index (χ2n) is 2.16. The first-order chi connectivity index (χ1) is 7.47. The van der Waals surface area contributed by atoms with Gasteiger partial charge in [0, 0.05) is 74.2 Å². The van der Waals surface area contributed by atoms with Crippen LogP contribution in [-0.2, 0) is 74.2 Å². The minimum absolute atomic E-state index is 0. The zero-order chi connectivity index (χ0) is 12.7. The summed E-state index contributed by atoms with van der Waals surface area (Å²) in [6.07, 6.45) is 0. The molecule has 0 aromatic heterocycles. The predicted octanol–water partition coefficient (Wildman–Crippen LogP) is 8.95. The van der Waals surface area contributed by atoms with E-state index in [1.807, 2.05) is 0 Å². The fourth-order valence-corrected chi connectivity index (χ4v) is 144. The molecular formula is H18P16V4. The van der Waals surface area contributed by atoms with Gasteiger partial charge in [-0.1, -0.05) is 31.8 Å². The van der Waals surface area contributed by atoms with Gasteiger partial charge in [0.05, 0.1) is 0 Å². The van der Waals surface area contributed by atoms with Crippen LogP contribution in [-0.4, -0.2) is 0 Å². The van der Waals surface area contributed by atoms with E-state index >= 15 is 0 Å². The van der Waals surface area contributed by atoms with E-state index in [4.69, 9.17) is 0 Å². The average molecular weight is 718 g/mol. The van der Waals surface area contributed by atoms with Crippen molar-refractivity contribution in [2.24, 2.45) is 0 Å². The molecule has 0 aliphatic carbocycles. The maximum absolute atomic E-state index is 3.24. The van der Waals surface area contributed by atoms with Crippen molar-refractivity contribution < 1.29 is 74.2 Å². The molecule has 0 saturated heterocycles. The van der Waals surface area contributed by atoms with E-state index in [9.17, 15) is 0 Å². The maximum Gasteiger partial charge on any atom is 0 e. The molecule has 20 heteroatoms. The Balaban J connectivity index is -0.000000187. The maximum atomic E-state index is 3.24. The molecular weight excluding hydrogens is 699 g/mol. The molecule has 0 aromatic carbocycles. The van der Waals surface area contributed by atoms with Crippen LogP contribution in [0.2, 0.25) is 0 Å². The van der Waals surface area contributed by atoms with E-state index in [1.165, 1.54) is 7.96 Å². The molecule has 0 fully saturated rings. The smallest absolute Gasteiger partial charge is 0 e. The van der Waals surface area contributed by atoms with Gasteiger partial charge in [-0.2, -0.15) is 0 Å². The van der Waals surface area contributed by atoms with Gasteiger partial charge in [0.1, 0.15) is 0 Å². The van der Waals surface area contributed by atoms with Gasteiger partial charge >= 0.3 is 0 Å². The zero-order valence-electron chi connectivity index (χ0n) is 10.1. The van der Waals surface area contributed by atoms with Crippen LogP contribution in [0.4, 0.5) is 0 Å². The topological polar surface area (TPSA) is 0 Å². The van der Waals surface area contributed by atoms with Gasteiger partial charge in [-0.05, 0) is 34.9 Å². The third kappa shape index (κ3) is 19.2. The zero-order valence-corrected chi connectivity index (χ0v) is 32.2. The molecule has 0 aliphatic heterocycles. The van der Waals surface area contributed by atoms with Crippen LogP contribution in [0.25, 0.3) is 0 Å². The van der Waals surface area contributed by atoms with Gasteiger partial charge in [0.15, 0.2) is 0 Å². The molecule has 0 spiro atoms. The number of hydrogen-bond acceptors (Lipinski definition) is 0. The summed E-state index contributed by atoms with van der Waals surface area (Å²) >= 11 is 0. The minimum Gasteiger partial charge on any atom is -0.109 e. The number of rotatable bonds is 8. The molecule has 4 radical (unpaired) electrons. The molecule has 0 aromatic rings. The van der Waals surface area contributed by atoms with Crippen molar-refractivity contribution in [3.8, 4) is 0 Å². The summed E-state index contributed by atoms with van der Waals surface area (Å²) in [5.41, 5.74) is 0. The predicted molar refractivity (Wildman–Crippen MR) is 136 cm³/mol. The summed E-state index contributed by atoms with van der Waals surface area (Å²) in [6.45, 7) is 1.22. The van der Waals surface area contributed by atoms with E-state index in [0.29, 0.717) is 6.99 Å². The molecule has 0 rings (SSSR count). The first-order valence-corrected chi connectivity index (χ1v) is 32.6. The van der Waals surface area contributed by atoms with Crippen molar-refractivity contribution in [3.05, 3.63) is 0 Å². The van der Waals surface area contributed by atoms with E-state index in [1.54, 1.807) is 0 Å². The molecule has 0 saturated carbocycles. The van der Waals surface area contributed by atoms with E-state index in [2.05, 4.69) is 62.5 Å². The van der Waals surface area contributed by atoms with E-state index < -0.39 is 0 Å². The first-order valence-electron chi connectivity index (χ1n) is 3.62. The molecule has 20 heavy (non-hydrogen) atoms.